The molecule has 88 valence electrons. The second kappa shape index (κ2) is 4.55. The highest BCUT2D eigenvalue weighted by molar-refractivity contribution is 9.10. The Labute approximate surface area is 102 Å². The fourth-order valence-corrected chi connectivity index (χ4v) is 2.11. The number of rotatable bonds is 3. The monoisotopic (exact) mass is 287 g/mol. The molecule has 16 heavy (non-hydrogen) atoms. The van der Waals surface area contributed by atoms with Crippen LogP contribution in [0.3, 0.4) is 0 Å². The molecule has 1 aliphatic heterocycles. The van der Waals surface area contributed by atoms with Gasteiger partial charge in [0.1, 0.15) is 10.3 Å². The number of hydrogen-bond acceptors (Lipinski definition) is 4. The van der Waals surface area contributed by atoms with Gasteiger partial charge in [0.2, 0.25) is 0 Å². The SMILES string of the molecule is CC1(CNc2nc[nH]c(=O)c2Br)CCCO1. The van der Waals surface area contributed by atoms with E-state index >= 15 is 0 Å². The molecule has 2 heterocycles. The van der Waals surface area contributed by atoms with Gasteiger partial charge in [0.25, 0.3) is 5.56 Å². The van der Waals surface area contributed by atoms with Gasteiger partial charge < -0.3 is 15.0 Å². The third-order valence-corrected chi connectivity index (χ3v) is 3.46. The number of anilines is 1. The van der Waals surface area contributed by atoms with Crippen LogP contribution in [0.25, 0.3) is 0 Å². The molecule has 1 unspecified atom stereocenters. The lowest BCUT2D eigenvalue weighted by atomic mass is 10.0. The predicted molar refractivity (Wildman–Crippen MR) is 64.6 cm³/mol. The van der Waals surface area contributed by atoms with Crippen molar-refractivity contribution in [3.63, 3.8) is 0 Å². The predicted octanol–water partition coefficient (Wildman–Crippen LogP) is 1.51. The van der Waals surface area contributed by atoms with Crippen LogP contribution in [0.1, 0.15) is 19.8 Å². The highest BCUT2D eigenvalue weighted by Crippen LogP contribution is 2.25. The molecule has 1 aliphatic rings. The lowest BCUT2D eigenvalue weighted by Gasteiger charge is -2.23. The Kier molecular flexibility index (Phi) is 3.30. The van der Waals surface area contributed by atoms with E-state index in [0.717, 1.165) is 19.4 Å². The van der Waals surface area contributed by atoms with Crippen molar-refractivity contribution in [2.45, 2.75) is 25.4 Å². The van der Waals surface area contributed by atoms with Crippen LogP contribution in [0.15, 0.2) is 15.6 Å². The largest absolute Gasteiger partial charge is 0.373 e. The van der Waals surface area contributed by atoms with Crippen molar-refractivity contribution in [2.75, 3.05) is 18.5 Å². The first-order chi connectivity index (χ1) is 7.61. The van der Waals surface area contributed by atoms with Crippen LogP contribution in [0.2, 0.25) is 0 Å². The minimum Gasteiger partial charge on any atom is -0.373 e. The minimum absolute atomic E-state index is 0.149. The molecule has 1 aromatic heterocycles. The maximum Gasteiger partial charge on any atom is 0.267 e. The number of aromatic amines is 1. The molecule has 0 aromatic carbocycles. The van der Waals surface area contributed by atoms with E-state index in [9.17, 15) is 4.79 Å². The normalized spacial score (nSPS) is 24.6. The summed E-state index contributed by atoms with van der Waals surface area (Å²) in [6.45, 7) is 3.53. The van der Waals surface area contributed by atoms with Gasteiger partial charge >= 0.3 is 0 Å². The lowest BCUT2D eigenvalue weighted by Crippen LogP contribution is -2.33. The first-order valence-electron chi connectivity index (χ1n) is 5.22. The zero-order chi connectivity index (χ0) is 11.6. The molecule has 0 radical (unpaired) electrons. The number of H-pyrrole nitrogens is 1. The third kappa shape index (κ3) is 2.44. The fraction of sp³-hybridized carbons (Fsp3) is 0.600. The summed E-state index contributed by atoms with van der Waals surface area (Å²) in [5.74, 6) is 0.556. The van der Waals surface area contributed by atoms with Crippen molar-refractivity contribution in [3.05, 3.63) is 21.2 Å². The fourth-order valence-electron chi connectivity index (χ4n) is 1.75. The van der Waals surface area contributed by atoms with Crippen LogP contribution < -0.4 is 10.9 Å². The summed E-state index contributed by atoms with van der Waals surface area (Å²) in [7, 11) is 0. The van der Waals surface area contributed by atoms with Crippen molar-refractivity contribution in [3.8, 4) is 0 Å². The summed E-state index contributed by atoms with van der Waals surface area (Å²) in [4.78, 5) is 17.9. The standard InChI is InChI=1S/C10H14BrN3O2/c1-10(3-2-4-16-10)5-12-8-7(11)9(15)14-6-13-8/h6H,2-5H2,1H3,(H2,12,13,14,15). The topological polar surface area (TPSA) is 67.0 Å². The molecular formula is C10H14BrN3O2. The van der Waals surface area contributed by atoms with E-state index < -0.39 is 0 Å². The average Bonchev–Trinajstić information content (AvgIpc) is 2.68. The zero-order valence-corrected chi connectivity index (χ0v) is 10.6. The molecule has 0 aliphatic carbocycles. The van der Waals surface area contributed by atoms with Gasteiger partial charge in [-0.2, -0.15) is 0 Å². The highest BCUT2D eigenvalue weighted by atomic mass is 79.9. The molecule has 1 atom stereocenters. The Hall–Kier alpha value is -0.880. The number of nitrogens with one attached hydrogen (secondary N) is 2. The van der Waals surface area contributed by atoms with Gasteiger partial charge in [-0.3, -0.25) is 4.79 Å². The quantitative estimate of drug-likeness (QED) is 0.885. The molecule has 6 heteroatoms. The molecule has 0 saturated carbocycles. The minimum atomic E-state index is -0.185. The second-order valence-corrected chi connectivity index (χ2v) is 4.94. The van der Waals surface area contributed by atoms with Crippen molar-refractivity contribution < 1.29 is 4.74 Å². The van der Waals surface area contributed by atoms with Crippen LogP contribution in [0, 0.1) is 0 Å². The maximum atomic E-state index is 11.3. The molecule has 0 spiro atoms. The van der Waals surface area contributed by atoms with Crippen LogP contribution >= 0.6 is 15.9 Å². The van der Waals surface area contributed by atoms with Gasteiger partial charge in [0, 0.05) is 13.2 Å². The number of hydrogen-bond donors (Lipinski definition) is 2. The smallest absolute Gasteiger partial charge is 0.267 e. The Morgan fingerprint density at radius 3 is 3.25 bits per heavy atom. The number of ether oxygens (including phenoxy) is 1. The summed E-state index contributed by atoms with van der Waals surface area (Å²) in [5, 5.41) is 3.13. The van der Waals surface area contributed by atoms with Gasteiger partial charge in [-0.15, -0.1) is 0 Å². The van der Waals surface area contributed by atoms with Gasteiger partial charge in [0.05, 0.1) is 11.9 Å². The van der Waals surface area contributed by atoms with Gasteiger partial charge in [-0.05, 0) is 35.7 Å². The van der Waals surface area contributed by atoms with Crippen LogP contribution in [-0.2, 0) is 4.74 Å². The number of aromatic nitrogens is 2. The van der Waals surface area contributed by atoms with Gasteiger partial charge in [0.15, 0.2) is 0 Å². The van der Waals surface area contributed by atoms with E-state index in [1.807, 2.05) is 0 Å². The highest BCUT2D eigenvalue weighted by Gasteiger charge is 2.29. The summed E-state index contributed by atoms with van der Waals surface area (Å²) in [6.07, 6.45) is 3.50. The molecule has 1 fully saturated rings. The molecular weight excluding hydrogens is 274 g/mol. The van der Waals surface area contributed by atoms with E-state index in [0.29, 0.717) is 16.8 Å². The van der Waals surface area contributed by atoms with Crippen molar-refractivity contribution in [1.29, 1.82) is 0 Å². The maximum absolute atomic E-state index is 11.3. The van der Waals surface area contributed by atoms with E-state index in [1.165, 1.54) is 6.33 Å². The molecule has 0 bridgehead atoms. The number of nitrogens with zero attached hydrogens (tertiary/aromatic N) is 1. The van der Waals surface area contributed by atoms with Gasteiger partial charge in [-0.25, -0.2) is 4.98 Å². The zero-order valence-electron chi connectivity index (χ0n) is 9.05. The Balaban J connectivity index is 2.04. The molecule has 2 N–H and O–H groups in total. The molecule has 2 rings (SSSR count). The van der Waals surface area contributed by atoms with E-state index in [1.54, 1.807) is 0 Å². The Morgan fingerprint density at radius 2 is 2.56 bits per heavy atom. The van der Waals surface area contributed by atoms with Crippen molar-refractivity contribution in [2.24, 2.45) is 0 Å². The molecule has 0 amide bonds. The molecule has 5 nitrogen and oxygen atoms in total. The second-order valence-electron chi connectivity index (χ2n) is 4.15. The summed E-state index contributed by atoms with van der Waals surface area (Å²) in [6, 6.07) is 0. The molecule has 1 aromatic rings. The summed E-state index contributed by atoms with van der Waals surface area (Å²) in [5.41, 5.74) is -0.334. The van der Waals surface area contributed by atoms with Crippen molar-refractivity contribution in [1.82, 2.24) is 9.97 Å². The average molecular weight is 288 g/mol. The first kappa shape index (κ1) is 11.6. The van der Waals surface area contributed by atoms with E-state index in [4.69, 9.17) is 4.74 Å². The van der Waals surface area contributed by atoms with Crippen LogP contribution in [0.5, 0.6) is 0 Å². The lowest BCUT2D eigenvalue weighted by molar-refractivity contribution is 0.0314. The van der Waals surface area contributed by atoms with Crippen molar-refractivity contribution >= 4 is 21.7 Å². The first-order valence-corrected chi connectivity index (χ1v) is 6.01. The Morgan fingerprint density at radius 1 is 1.75 bits per heavy atom. The summed E-state index contributed by atoms with van der Waals surface area (Å²) >= 11 is 3.20. The summed E-state index contributed by atoms with van der Waals surface area (Å²) < 4.78 is 6.07. The van der Waals surface area contributed by atoms with Crippen LogP contribution in [0.4, 0.5) is 5.82 Å². The number of halogens is 1. The van der Waals surface area contributed by atoms with E-state index in [2.05, 4.69) is 38.1 Å². The third-order valence-electron chi connectivity index (χ3n) is 2.73. The van der Waals surface area contributed by atoms with Gasteiger partial charge in [-0.1, -0.05) is 0 Å². The van der Waals surface area contributed by atoms with Crippen LogP contribution in [-0.4, -0.2) is 28.7 Å². The van der Waals surface area contributed by atoms with E-state index in [-0.39, 0.29) is 11.2 Å². The molecule has 1 saturated heterocycles. The Bertz CT molecular complexity index is 426.